The van der Waals surface area contributed by atoms with Gasteiger partial charge in [-0.2, -0.15) is 0 Å². The number of halogens is 1. The number of nitrogens with zero attached hydrogens (tertiary/aromatic N) is 1. The average molecular weight is 318 g/mol. The van der Waals surface area contributed by atoms with Crippen LogP contribution in [0, 0.1) is 0 Å². The number of aliphatic imine (C=N–C) groups is 1. The molecule has 0 saturated heterocycles. The highest BCUT2D eigenvalue weighted by atomic mass is 35.5. The molecule has 4 heteroatoms. The molecule has 0 amide bonds. The second-order valence-electron chi connectivity index (χ2n) is 4.77. The van der Waals surface area contributed by atoms with Crippen molar-refractivity contribution in [2.24, 2.45) is 4.99 Å². The van der Waals surface area contributed by atoms with E-state index in [-0.39, 0.29) is 10.9 Å². The van der Waals surface area contributed by atoms with Crippen molar-refractivity contribution in [3.63, 3.8) is 0 Å². The molecule has 2 aromatic rings. The molecule has 0 fully saturated rings. The first-order chi connectivity index (χ1) is 10.3. The van der Waals surface area contributed by atoms with E-state index < -0.39 is 0 Å². The summed E-state index contributed by atoms with van der Waals surface area (Å²) in [6.07, 6.45) is 0.609. The summed E-state index contributed by atoms with van der Waals surface area (Å²) in [4.78, 5) is 4.60. The van der Waals surface area contributed by atoms with Gasteiger partial charge in [-0.1, -0.05) is 72.4 Å². The van der Waals surface area contributed by atoms with E-state index in [2.05, 4.69) is 17.1 Å². The van der Waals surface area contributed by atoms with E-state index in [1.165, 1.54) is 5.56 Å². The quantitative estimate of drug-likeness (QED) is 0.766. The molecule has 108 valence electrons. The van der Waals surface area contributed by atoms with Crippen molar-refractivity contribution >= 4 is 28.4 Å². The Bertz CT molecular complexity index is 603. The zero-order valence-electron chi connectivity index (χ0n) is 11.5. The third-order valence-corrected chi connectivity index (χ3v) is 4.74. The van der Waals surface area contributed by atoms with E-state index in [0.29, 0.717) is 6.61 Å². The lowest BCUT2D eigenvalue weighted by molar-refractivity contribution is 0.0739. The Labute approximate surface area is 134 Å². The fourth-order valence-corrected chi connectivity index (χ4v) is 3.44. The van der Waals surface area contributed by atoms with E-state index in [4.69, 9.17) is 16.3 Å². The van der Waals surface area contributed by atoms with E-state index in [1.807, 2.05) is 48.5 Å². The largest absolute Gasteiger partial charge is 0.354 e. The van der Waals surface area contributed by atoms with Crippen molar-refractivity contribution in [3.05, 3.63) is 71.8 Å². The minimum absolute atomic E-state index is 0.157. The maximum absolute atomic E-state index is 6.33. The van der Waals surface area contributed by atoms with Crippen LogP contribution in [0.1, 0.15) is 11.1 Å². The number of benzene rings is 2. The fraction of sp³-hybridized carbons (Fsp3) is 0.235. The zero-order valence-corrected chi connectivity index (χ0v) is 13.1. The van der Waals surface area contributed by atoms with Crippen LogP contribution in [-0.4, -0.2) is 22.6 Å². The monoisotopic (exact) mass is 317 g/mol. The van der Waals surface area contributed by atoms with E-state index in [9.17, 15) is 0 Å². The molecule has 1 aliphatic heterocycles. The van der Waals surface area contributed by atoms with Crippen LogP contribution in [0.3, 0.4) is 0 Å². The zero-order chi connectivity index (χ0) is 14.5. The third kappa shape index (κ3) is 3.88. The lowest BCUT2D eigenvalue weighted by Gasteiger charge is -2.11. The van der Waals surface area contributed by atoms with Gasteiger partial charge in [-0.15, -0.1) is 11.6 Å². The van der Waals surface area contributed by atoms with Gasteiger partial charge < -0.3 is 4.74 Å². The molecule has 2 aromatic carbocycles. The van der Waals surface area contributed by atoms with Crippen molar-refractivity contribution in [1.82, 2.24) is 0 Å². The van der Waals surface area contributed by atoms with Gasteiger partial charge >= 0.3 is 0 Å². The molecule has 21 heavy (non-hydrogen) atoms. The summed E-state index contributed by atoms with van der Waals surface area (Å²) >= 11 is 7.89. The Hall–Kier alpha value is -1.29. The van der Waals surface area contributed by atoms with Gasteiger partial charge in [-0.05, 0) is 12.0 Å². The molecule has 0 saturated carbocycles. The molecule has 3 rings (SSSR count). The van der Waals surface area contributed by atoms with Crippen LogP contribution >= 0.6 is 23.4 Å². The second-order valence-corrected chi connectivity index (χ2v) is 6.63. The van der Waals surface area contributed by atoms with Crippen molar-refractivity contribution < 1.29 is 4.74 Å². The first-order valence-electron chi connectivity index (χ1n) is 6.92. The van der Waals surface area contributed by atoms with Crippen molar-refractivity contribution in [2.45, 2.75) is 17.4 Å². The highest BCUT2D eigenvalue weighted by Crippen LogP contribution is 2.33. The summed E-state index contributed by atoms with van der Waals surface area (Å²) in [6, 6.07) is 20.4. The molecule has 0 bridgehead atoms. The Balaban J connectivity index is 1.57. The summed E-state index contributed by atoms with van der Waals surface area (Å²) in [5.41, 5.74) is 2.36. The van der Waals surface area contributed by atoms with E-state index in [1.54, 1.807) is 11.8 Å². The molecule has 1 aliphatic rings. The van der Waals surface area contributed by atoms with Gasteiger partial charge in [0.25, 0.3) is 0 Å². The molecule has 1 heterocycles. The van der Waals surface area contributed by atoms with Crippen molar-refractivity contribution in [1.29, 1.82) is 0 Å². The van der Waals surface area contributed by atoms with Crippen LogP contribution in [0.25, 0.3) is 0 Å². The highest BCUT2D eigenvalue weighted by Gasteiger charge is 2.29. The van der Waals surface area contributed by atoms with E-state index >= 15 is 0 Å². The van der Waals surface area contributed by atoms with Gasteiger partial charge in [0.2, 0.25) is 0 Å². The summed E-state index contributed by atoms with van der Waals surface area (Å²) in [7, 11) is 0. The molecular weight excluding hydrogens is 302 g/mol. The molecule has 2 atom stereocenters. The number of ether oxygens (including phenoxy) is 1. The van der Waals surface area contributed by atoms with Crippen LogP contribution in [0.5, 0.6) is 0 Å². The van der Waals surface area contributed by atoms with Gasteiger partial charge in [-0.25, -0.2) is 4.99 Å². The smallest absolute Gasteiger partial charge is 0.175 e. The lowest BCUT2D eigenvalue weighted by Crippen LogP contribution is -2.17. The summed E-state index contributed by atoms with van der Waals surface area (Å²) in [6.45, 7) is 0.629. The molecule has 2 unspecified atom stereocenters. The number of alkyl halides is 1. The number of rotatable bonds is 5. The first-order valence-corrected chi connectivity index (χ1v) is 8.24. The summed E-state index contributed by atoms with van der Waals surface area (Å²) in [5, 5.41) is 0.959. The minimum Gasteiger partial charge on any atom is -0.354 e. The van der Waals surface area contributed by atoms with Crippen LogP contribution in [0.2, 0.25) is 0 Å². The summed E-state index contributed by atoms with van der Waals surface area (Å²) in [5.74, 6) is 0. The Morgan fingerprint density at radius 3 is 2.38 bits per heavy atom. The Morgan fingerprint density at radius 1 is 1.00 bits per heavy atom. The molecule has 0 N–H and O–H groups in total. The average Bonchev–Trinajstić information content (AvgIpc) is 2.91. The summed E-state index contributed by atoms with van der Waals surface area (Å²) < 4.78 is 5.67. The fourth-order valence-electron chi connectivity index (χ4n) is 2.15. The maximum atomic E-state index is 6.33. The standard InChI is InChI=1S/C17H16ClNOS/c18-15-16(20-12-11-13-7-3-1-4-8-13)19-17(21-15)14-9-5-2-6-10-14/h1-10,15-16H,11-12H2. The molecule has 0 aliphatic carbocycles. The topological polar surface area (TPSA) is 21.6 Å². The molecule has 0 aromatic heterocycles. The lowest BCUT2D eigenvalue weighted by atomic mass is 10.2. The molecular formula is C17H16ClNOS. The van der Waals surface area contributed by atoms with E-state index in [0.717, 1.165) is 17.0 Å². The molecule has 2 nitrogen and oxygen atoms in total. The molecule has 0 spiro atoms. The van der Waals surface area contributed by atoms with Gasteiger partial charge in [0, 0.05) is 5.56 Å². The maximum Gasteiger partial charge on any atom is 0.175 e. The Kier molecular flexibility index (Phi) is 4.96. The number of thioether (sulfide) groups is 1. The Morgan fingerprint density at radius 2 is 1.67 bits per heavy atom. The van der Waals surface area contributed by atoms with Crippen LogP contribution < -0.4 is 0 Å². The van der Waals surface area contributed by atoms with Crippen molar-refractivity contribution in [3.8, 4) is 0 Å². The van der Waals surface area contributed by atoms with Crippen LogP contribution in [0.4, 0.5) is 0 Å². The van der Waals surface area contributed by atoms with Gasteiger partial charge in [-0.3, -0.25) is 0 Å². The predicted molar refractivity (Wildman–Crippen MR) is 90.1 cm³/mol. The minimum atomic E-state index is -0.268. The van der Waals surface area contributed by atoms with Gasteiger partial charge in [0.05, 0.1) is 6.61 Å². The normalized spacial score (nSPS) is 21.3. The van der Waals surface area contributed by atoms with Crippen LogP contribution in [-0.2, 0) is 11.2 Å². The number of hydrogen-bond acceptors (Lipinski definition) is 3. The second kappa shape index (κ2) is 7.12. The number of hydrogen-bond donors (Lipinski definition) is 0. The predicted octanol–water partition coefficient (Wildman–Crippen LogP) is 4.33. The van der Waals surface area contributed by atoms with Gasteiger partial charge in [0.15, 0.2) is 6.23 Å². The SMILES string of the molecule is ClC1SC(c2ccccc2)=NC1OCCc1ccccc1. The first kappa shape index (κ1) is 14.6. The highest BCUT2D eigenvalue weighted by molar-refractivity contribution is 8.16. The van der Waals surface area contributed by atoms with Gasteiger partial charge in [0.1, 0.15) is 9.75 Å². The van der Waals surface area contributed by atoms with Crippen molar-refractivity contribution in [2.75, 3.05) is 6.61 Å². The molecule has 0 radical (unpaired) electrons. The van der Waals surface area contributed by atoms with Crippen LogP contribution in [0.15, 0.2) is 65.7 Å². The third-order valence-electron chi connectivity index (χ3n) is 3.24.